The molecular formula is C17H15N2NaO4S. The first-order valence-electron chi connectivity index (χ1n) is 7.37. The second-order valence-corrected chi connectivity index (χ2v) is 6.61. The SMILES string of the molecule is CCNC(=O)c1cc2ccccc2n1-c1ccc(S(=O)(=O)[O-])cc1.[Na+]. The summed E-state index contributed by atoms with van der Waals surface area (Å²) in [7, 11) is -4.50. The van der Waals surface area contributed by atoms with Crippen LogP contribution in [0, 0.1) is 0 Å². The van der Waals surface area contributed by atoms with E-state index in [0.29, 0.717) is 17.9 Å². The Morgan fingerprint density at radius 3 is 2.36 bits per heavy atom. The number of para-hydroxylation sites is 1. The van der Waals surface area contributed by atoms with Gasteiger partial charge in [-0.2, -0.15) is 0 Å². The Morgan fingerprint density at radius 2 is 1.76 bits per heavy atom. The Bertz CT molecular complexity index is 1010. The second-order valence-electron chi connectivity index (χ2n) is 5.23. The quantitative estimate of drug-likeness (QED) is 0.488. The van der Waals surface area contributed by atoms with Crippen molar-refractivity contribution in [2.75, 3.05) is 6.54 Å². The van der Waals surface area contributed by atoms with E-state index in [2.05, 4.69) is 5.32 Å². The van der Waals surface area contributed by atoms with Crippen LogP contribution in [0.3, 0.4) is 0 Å². The first-order chi connectivity index (χ1) is 11.4. The van der Waals surface area contributed by atoms with Crippen LogP contribution in [-0.4, -0.2) is 30.0 Å². The van der Waals surface area contributed by atoms with Crippen molar-refractivity contribution in [3.8, 4) is 5.69 Å². The molecule has 0 aliphatic heterocycles. The third kappa shape index (κ3) is 3.96. The van der Waals surface area contributed by atoms with Gasteiger partial charge in [0, 0.05) is 17.6 Å². The molecule has 1 aromatic heterocycles. The Kier molecular flexibility index (Phi) is 6.08. The van der Waals surface area contributed by atoms with Crippen molar-refractivity contribution in [3.05, 3.63) is 60.3 Å². The van der Waals surface area contributed by atoms with E-state index in [9.17, 15) is 17.8 Å². The fraction of sp³-hybridized carbons (Fsp3) is 0.118. The molecule has 0 aliphatic rings. The van der Waals surface area contributed by atoms with E-state index < -0.39 is 10.1 Å². The minimum atomic E-state index is -4.50. The summed E-state index contributed by atoms with van der Waals surface area (Å²) in [4.78, 5) is 12.1. The van der Waals surface area contributed by atoms with Gasteiger partial charge in [0.05, 0.1) is 10.4 Å². The van der Waals surface area contributed by atoms with Gasteiger partial charge in [0.2, 0.25) is 0 Å². The summed E-state index contributed by atoms with van der Waals surface area (Å²) in [6.45, 7) is 2.33. The molecule has 2 aromatic carbocycles. The van der Waals surface area contributed by atoms with E-state index in [4.69, 9.17) is 0 Å². The maximum Gasteiger partial charge on any atom is 1.00 e. The molecule has 0 atom stereocenters. The fourth-order valence-corrected chi connectivity index (χ4v) is 3.08. The van der Waals surface area contributed by atoms with Gasteiger partial charge in [0.15, 0.2) is 0 Å². The number of nitrogens with one attached hydrogen (secondary N) is 1. The number of benzene rings is 2. The van der Waals surface area contributed by atoms with Crippen molar-refractivity contribution in [3.63, 3.8) is 0 Å². The van der Waals surface area contributed by atoms with Gasteiger partial charge in [-0.15, -0.1) is 0 Å². The van der Waals surface area contributed by atoms with Crippen LogP contribution in [0.5, 0.6) is 0 Å². The minimum Gasteiger partial charge on any atom is -0.744 e. The van der Waals surface area contributed by atoms with Gasteiger partial charge < -0.3 is 14.4 Å². The third-order valence-corrected chi connectivity index (χ3v) is 4.51. The first-order valence-corrected chi connectivity index (χ1v) is 8.77. The Labute approximate surface area is 167 Å². The Morgan fingerprint density at radius 1 is 1.12 bits per heavy atom. The van der Waals surface area contributed by atoms with Crippen LogP contribution in [0.2, 0.25) is 0 Å². The van der Waals surface area contributed by atoms with Crippen LogP contribution < -0.4 is 34.9 Å². The number of amides is 1. The number of nitrogens with zero attached hydrogens (tertiary/aromatic N) is 1. The number of hydrogen-bond acceptors (Lipinski definition) is 4. The zero-order chi connectivity index (χ0) is 17.3. The summed E-state index contributed by atoms with van der Waals surface area (Å²) < 4.78 is 35.0. The van der Waals surface area contributed by atoms with Crippen molar-refractivity contribution < 1.29 is 47.3 Å². The van der Waals surface area contributed by atoms with Crippen molar-refractivity contribution >= 4 is 26.9 Å². The molecule has 0 saturated carbocycles. The average Bonchev–Trinajstić information content (AvgIpc) is 2.94. The summed E-state index contributed by atoms with van der Waals surface area (Å²) in [5.41, 5.74) is 1.86. The molecule has 8 heteroatoms. The number of fused-ring (bicyclic) bond motifs is 1. The second kappa shape index (κ2) is 7.72. The molecular weight excluding hydrogens is 351 g/mol. The van der Waals surface area contributed by atoms with Gasteiger partial charge in [-0.25, -0.2) is 8.42 Å². The van der Waals surface area contributed by atoms with E-state index in [1.54, 1.807) is 10.6 Å². The van der Waals surface area contributed by atoms with E-state index in [-0.39, 0.29) is 40.4 Å². The number of aromatic nitrogens is 1. The van der Waals surface area contributed by atoms with E-state index in [1.807, 2.05) is 31.2 Å². The Balaban J connectivity index is 0.00000225. The zero-order valence-electron chi connectivity index (χ0n) is 13.9. The molecule has 3 rings (SSSR count). The molecule has 0 unspecified atom stereocenters. The molecule has 1 N–H and O–H groups in total. The minimum absolute atomic E-state index is 0. The molecule has 0 fully saturated rings. The predicted octanol–water partition coefficient (Wildman–Crippen LogP) is -0.712. The number of hydrogen-bond donors (Lipinski definition) is 1. The fourth-order valence-electron chi connectivity index (χ4n) is 2.61. The molecule has 0 aliphatic carbocycles. The van der Waals surface area contributed by atoms with Gasteiger partial charge >= 0.3 is 29.6 Å². The Hall–Kier alpha value is -1.64. The summed E-state index contributed by atoms with van der Waals surface area (Å²) >= 11 is 0. The molecule has 1 amide bonds. The number of rotatable bonds is 4. The smallest absolute Gasteiger partial charge is 0.744 e. The van der Waals surface area contributed by atoms with Crippen LogP contribution in [0.4, 0.5) is 0 Å². The van der Waals surface area contributed by atoms with Gasteiger partial charge in [0.25, 0.3) is 5.91 Å². The van der Waals surface area contributed by atoms with Crippen LogP contribution in [0.1, 0.15) is 17.4 Å². The molecule has 0 saturated heterocycles. The van der Waals surface area contributed by atoms with Gasteiger partial charge in [-0.3, -0.25) is 4.79 Å². The third-order valence-electron chi connectivity index (χ3n) is 3.66. The van der Waals surface area contributed by atoms with E-state index in [1.165, 1.54) is 24.3 Å². The molecule has 6 nitrogen and oxygen atoms in total. The van der Waals surface area contributed by atoms with Gasteiger partial charge in [-0.05, 0) is 43.3 Å². The summed E-state index contributed by atoms with van der Waals surface area (Å²) in [6, 6.07) is 14.8. The summed E-state index contributed by atoms with van der Waals surface area (Å²) in [6.07, 6.45) is 0. The van der Waals surface area contributed by atoms with Crippen molar-refractivity contribution in [1.29, 1.82) is 0 Å². The van der Waals surface area contributed by atoms with E-state index in [0.717, 1.165) is 10.9 Å². The molecule has 3 aromatic rings. The molecule has 124 valence electrons. The summed E-state index contributed by atoms with van der Waals surface area (Å²) in [5, 5.41) is 3.65. The van der Waals surface area contributed by atoms with Crippen LogP contribution >= 0.6 is 0 Å². The standard InChI is InChI=1S/C17H16N2O4S.Na/c1-2-18-17(20)16-11-12-5-3-4-6-15(12)19(16)13-7-9-14(10-8-13)24(21,22)23;/h3-11H,2H2,1H3,(H,18,20)(H,21,22,23);/q;+1/p-1. The number of carbonyl (C=O) groups excluding carboxylic acids is 1. The van der Waals surface area contributed by atoms with Crippen molar-refractivity contribution in [2.45, 2.75) is 11.8 Å². The van der Waals surface area contributed by atoms with Gasteiger partial charge in [-0.1, -0.05) is 18.2 Å². The summed E-state index contributed by atoms with van der Waals surface area (Å²) in [5.74, 6) is -0.228. The maximum atomic E-state index is 12.4. The van der Waals surface area contributed by atoms with Gasteiger partial charge in [0.1, 0.15) is 15.8 Å². The maximum absolute atomic E-state index is 12.4. The predicted molar refractivity (Wildman–Crippen MR) is 89.2 cm³/mol. The number of carbonyl (C=O) groups is 1. The van der Waals surface area contributed by atoms with Crippen LogP contribution in [-0.2, 0) is 10.1 Å². The zero-order valence-corrected chi connectivity index (χ0v) is 16.7. The largest absolute Gasteiger partial charge is 1.00 e. The molecule has 0 bridgehead atoms. The molecule has 25 heavy (non-hydrogen) atoms. The normalized spacial score (nSPS) is 11.1. The molecule has 0 radical (unpaired) electrons. The first kappa shape index (κ1) is 19.7. The monoisotopic (exact) mass is 366 g/mol. The molecule has 1 heterocycles. The van der Waals surface area contributed by atoms with Crippen LogP contribution in [0.15, 0.2) is 59.5 Å². The van der Waals surface area contributed by atoms with Crippen LogP contribution in [0.25, 0.3) is 16.6 Å². The van der Waals surface area contributed by atoms with Crippen molar-refractivity contribution in [1.82, 2.24) is 9.88 Å². The van der Waals surface area contributed by atoms with E-state index >= 15 is 0 Å². The average molecular weight is 366 g/mol. The topological polar surface area (TPSA) is 91.2 Å². The molecule has 0 spiro atoms. The van der Waals surface area contributed by atoms with Crippen molar-refractivity contribution in [2.24, 2.45) is 0 Å².